The third-order valence-electron chi connectivity index (χ3n) is 6.10. The molecule has 3 nitrogen and oxygen atoms in total. The number of aryl methyl sites for hydroxylation is 1. The molecule has 0 aliphatic carbocycles. The van der Waals surface area contributed by atoms with E-state index in [0.29, 0.717) is 12.0 Å². The normalized spacial score (nSPS) is 15.5. The van der Waals surface area contributed by atoms with Crippen molar-refractivity contribution >= 4 is 11.6 Å². The van der Waals surface area contributed by atoms with Crippen LogP contribution in [-0.4, -0.2) is 34.8 Å². The molecule has 0 heterocycles. The quantitative estimate of drug-likeness (QED) is 0.390. The van der Waals surface area contributed by atoms with Crippen molar-refractivity contribution in [2.45, 2.75) is 65.6 Å². The van der Waals surface area contributed by atoms with Crippen LogP contribution < -0.4 is 0 Å². The van der Waals surface area contributed by atoms with Gasteiger partial charge >= 0.3 is 0 Å². The molecule has 0 spiro atoms. The van der Waals surface area contributed by atoms with E-state index in [1.165, 1.54) is 23.3 Å². The smallest absolute Gasteiger partial charge is 0.141 e. The average molecular weight is 490 g/mol. The fourth-order valence-electron chi connectivity index (χ4n) is 3.99. The Morgan fingerprint density at radius 1 is 1.15 bits per heavy atom. The van der Waals surface area contributed by atoms with E-state index >= 15 is 0 Å². The van der Waals surface area contributed by atoms with Gasteiger partial charge in [0, 0.05) is 26.7 Å². The van der Waals surface area contributed by atoms with Crippen molar-refractivity contribution in [3.8, 4) is 0 Å². The van der Waals surface area contributed by atoms with Crippen molar-refractivity contribution in [3.05, 3.63) is 93.9 Å². The van der Waals surface area contributed by atoms with Gasteiger partial charge in [0.2, 0.25) is 0 Å². The second-order valence-corrected chi connectivity index (χ2v) is 9.79. The maximum absolute atomic E-state index is 13.3. The largest absolute Gasteiger partial charge is 0.385 e. The maximum atomic E-state index is 13.3. The second-order valence-electron chi connectivity index (χ2n) is 9.39. The minimum Gasteiger partial charge on any atom is -0.385 e. The summed E-state index contributed by atoms with van der Waals surface area (Å²) in [6.45, 7) is 11.7. The van der Waals surface area contributed by atoms with Gasteiger partial charge in [-0.2, -0.15) is 0 Å². The van der Waals surface area contributed by atoms with Crippen LogP contribution in [0, 0.1) is 18.7 Å². The lowest BCUT2D eigenvalue weighted by atomic mass is 9.78. The fourth-order valence-corrected chi connectivity index (χ4v) is 4.17. The van der Waals surface area contributed by atoms with Gasteiger partial charge in [-0.1, -0.05) is 74.9 Å². The number of hydrogen-bond donors (Lipinski definition) is 2. The molecule has 2 N–H and O–H groups in total. The molecule has 2 atom stereocenters. The van der Waals surface area contributed by atoms with E-state index in [2.05, 4.69) is 19.1 Å². The molecule has 0 bridgehead atoms. The van der Waals surface area contributed by atoms with Crippen LogP contribution in [0.15, 0.2) is 66.4 Å². The first-order valence-corrected chi connectivity index (χ1v) is 12.1. The van der Waals surface area contributed by atoms with Crippen molar-refractivity contribution in [1.82, 2.24) is 4.90 Å². The molecule has 2 aromatic rings. The monoisotopic (exact) mass is 489 g/mol. The highest BCUT2D eigenvalue weighted by Gasteiger charge is 2.35. The van der Waals surface area contributed by atoms with Crippen molar-refractivity contribution in [2.75, 3.05) is 14.1 Å². The zero-order valence-corrected chi connectivity index (χ0v) is 22.6. The van der Waals surface area contributed by atoms with Gasteiger partial charge in [-0.3, -0.25) is 0 Å². The molecule has 2 unspecified atom stereocenters. The molecule has 2 rings (SSSR count). The van der Waals surface area contributed by atoms with Crippen molar-refractivity contribution in [1.29, 1.82) is 0 Å². The summed E-state index contributed by atoms with van der Waals surface area (Å²) in [7, 11) is 3.78. The first-order chi connectivity index (χ1) is 15.8. The molecule has 2 aromatic carbocycles. The molecule has 188 valence electrons. The van der Waals surface area contributed by atoms with Crippen LogP contribution in [0.4, 0.5) is 4.39 Å². The van der Waals surface area contributed by atoms with Crippen LogP contribution in [0.3, 0.4) is 0 Å². The highest BCUT2D eigenvalue weighted by atomic mass is 35.5. The van der Waals surface area contributed by atoms with Crippen molar-refractivity contribution in [2.24, 2.45) is 5.92 Å². The Morgan fingerprint density at radius 2 is 1.76 bits per heavy atom. The number of rotatable bonds is 8. The van der Waals surface area contributed by atoms with Gasteiger partial charge in [0.15, 0.2) is 0 Å². The van der Waals surface area contributed by atoms with Gasteiger partial charge in [0.25, 0.3) is 0 Å². The van der Waals surface area contributed by atoms with E-state index in [0.717, 1.165) is 12.0 Å². The lowest BCUT2D eigenvalue weighted by Gasteiger charge is -2.34. The second kappa shape index (κ2) is 13.1. The average Bonchev–Trinajstić information content (AvgIpc) is 2.76. The molecule has 0 fully saturated rings. The lowest BCUT2D eigenvalue weighted by molar-refractivity contribution is 0.0261. The summed E-state index contributed by atoms with van der Waals surface area (Å²) in [4.78, 5) is 1.87. The maximum Gasteiger partial charge on any atom is 0.141 e. The topological polar surface area (TPSA) is 43.7 Å². The molecule has 0 aliphatic heterocycles. The van der Waals surface area contributed by atoms with Gasteiger partial charge in [-0.15, -0.1) is 0 Å². The van der Waals surface area contributed by atoms with E-state index in [4.69, 9.17) is 11.6 Å². The molecule has 5 heteroatoms. The number of benzene rings is 2. The van der Waals surface area contributed by atoms with Gasteiger partial charge in [0.1, 0.15) is 11.4 Å². The van der Waals surface area contributed by atoms with E-state index in [-0.39, 0.29) is 10.9 Å². The van der Waals surface area contributed by atoms with Crippen LogP contribution in [0.2, 0.25) is 5.02 Å². The summed E-state index contributed by atoms with van der Waals surface area (Å²) in [6.07, 6.45) is 7.10. The van der Waals surface area contributed by atoms with Crippen LogP contribution >= 0.6 is 11.6 Å². The van der Waals surface area contributed by atoms with E-state index in [9.17, 15) is 14.6 Å². The minimum atomic E-state index is -1.17. The first kappa shape index (κ1) is 29.9. The third-order valence-corrected chi connectivity index (χ3v) is 6.38. The van der Waals surface area contributed by atoms with Gasteiger partial charge < -0.3 is 15.1 Å². The Balaban J connectivity index is 0.000000350. The summed E-state index contributed by atoms with van der Waals surface area (Å²) >= 11 is 5.82. The zero-order valence-electron chi connectivity index (χ0n) is 21.9. The van der Waals surface area contributed by atoms with Crippen molar-refractivity contribution < 1.29 is 14.6 Å². The van der Waals surface area contributed by atoms with Gasteiger partial charge in [-0.05, 0) is 67.5 Å². The molecule has 0 amide bonds. The molecule has 34 heavy (non-hydrogen) atoms. The molecular formula is C29H41ClFNO2. The first-order valence-electron chi connectivity index (χ1n) is 11.7. The Bertz CT molecular complexity index is 986. The van der Waals surface area contributed by atoms with Gasteiger partial charge in [-0.25, -0.2) is 4.39 Å². The Morgan fingerprint density at radius 3 is 2.24 bits per heavy atom. The summed E-state index contributed by atoms with van der Waals surface area (Å²) in [5.74, 6) is -0.545. The molecule has 0 radical (unpaired) electrons. The standard InChI is InChI=1S/C15H21ClFNO.C14H20O/c1-10(2)15(19,11(3)9-18(4)5)12-6-7-14(17)13(16)8-12;1-4-10-14(15,5-2)11-13-9-7-6-8-12(13)3/h6-10,19H,1-5H3;4,6-10,15H,5,11H2,1-3H3. The molecular weight excluding hydrogens is 449 g/mol. The van der Waals surface area contributed by atoms with Crippen LogP contribution in [0.1, 0.15) is 57.7 Å². The van der Waals surface area contributed by atoms with Gasteiger partial charge in [0.05, 0.1) is 10.6 Å². The molecule has 0 saturated carbocycles. The van der Waals surface area contributed by atoms with E-state index in [1.54, 1.807) is 6.07 Å². The van der Waals surface area contributed by atoms with Crippen molar-refractivity contribution in [3.63, 3.8) is 0 Å². The molecule has 0 aliphatic rings. The summed E-state index contributed by atoms with van der Waals surface area (Å²) in [5, 5.41) is 21.4. The number of nitrogens with zero attached hydrogens (tertiary/aromatic N) is 1. The number of aliphatic hydroxyl groups is 2. The highest BCUT2D eigenvalue weighted by molar-refractivity contribution is 6.30. The highest BCUT2D eigenvalue weighted by Crippen LogP contribution is 2.38. The Kier molecular flexibility index (Phi) is 11.5. The zero-order chi connectivity index (χ0) is 26.1. The number of halogens is 2. The SMILES string of the molecule is CC(=CN(C)C)C(O)(c1ccc(F)c(Cl)c1)C(C)C.CC=CC(O)(CC)Cc1ccccc1C. The number of hydrogen-bond acceptors (Lipinski definition) is 3. The third kappa shape index (κ3) is 7.97. The molecule has 0 aromatic heterocycles. The summed E-state index contributed by atoms with van der Waals surface area (Å²) in [6, 6.07) is 12.6. The lowest BCUT2D eigenvalue weighted by Crippen LogP contribution is -2.34. The summed E-state index contributed by atoms with van der Waals surface area (Å²) < 4.78 is 13.3. The predicted molar refractivity (Wildman–Crippen MR) is 143 cm³/mol. The summed E-state index contributed by atoms with van der Waals surface area (Å²) in [5.41, 5.74) is 2.00. The molecule has 0 saturated heterocycles. The number of allylic oxidation sites excluding steroid dienone is 1. The Labute approximate surface area is 210 Å². The van der Waals surface area contributed by atoms with Crippen LogP contribution in [-0.2, 0) is 12.0 Å². The minimum absolute atomic E-state index is 0.0224. The fraction of sp³-hybridized carbons (Fsp3) is 0.448. The van der Waals surface area contributed by atoms with E-state index < -0.39 is 17.0 Å². The predicted octanol–water partition coefficient (Wildman–Crippen LogP) is 7.04. The Hall–Kier alpha value is -2.14. The van der Waals surface area contributed by atoms with Crippen LogP contribution in [0.5, 0.6) is 0 Å². The van der Waals surface area contributed by atoms with E-state index in [1.807, 2.05) is 84.1 Å². The van der Waals surface area contributed by atoms with Crippen LogP contribution in [0.25, 0.3) is 0 Å².